The third kappa shape index (κ3) is 2.92. The summed E-state index contributed by atoms with van der Waals surface area (Å²) in [6.07, 6.45) is 1.42. The fourth-order valence-electron chi connectivity index (χ4n) is 1.26. The molecule has 0 saturated heterocycles. The first kappa shape index (κ1) is 12.3. The summed E-state index contributed by atoms with van der Waals surface area (Å²) in [6.45, 7) is 3.87. The average Bonchev–Trinajstić information content (AvgIpc) is 2.23. The number of hydrogen-bond donors (Lipinski definition) is 1. The van der Waals surface area contributed by atoms with Crippen LogP contribution in [-0.4, -0.2) is 19.9 Å². The zero-order valence-electron chi connectivity index (χ0n) is 9.31. The van der Waals surface area contributed by atoms with E-state index in [-0.39, 0.29) is 0 Å². The van der Waals surface area contributed by atoms with Gasteiger partial charge in [0.05, 0.1) is 4.47 Å². The molecule has 7 heteroatoms. The van der Waals surface area contributed by atoms with Crippen LogP contribution in [-0.2, 0) is 0 Å². The number of aromatic nitrogens is 4. The van der Waals surface area contributed by atoms with Crippen LogP contribution in [0, 0.1) is 13.8 Å². The maximum absolute atomic E-state index is 5.68. The van der Waals surface area contributed by atoms with Crippen molar-refractivity contribution < 1.29 is 0 Å². The minimum Gasteiger partial charge on any atom is -0.383 e. The maximum atomic E-state index is 5.68. The molecule has 5 nitrogen and oxygen atoms in total. The molecule has 0 aliphatic heterocycles. The predicted octanol–water partition coefficient (Wildman–Crippen LogP) is 2.38. The minimum absolute atomic E-state index is 0.409. The van der Waals surface area contributed by atoms with Gasteiger partial charge in [0, 0.05) is 11.4 Å². The van der Waals surface area contributed by atoms with Gasteiger partial charge in [-0.2, -0.15) is 0 Å². The highest BCUT2D eigenvalue weighted by Crippen LogP contribution is 2.31. The van der Waals surface area contributed by atoms with Crippen molar-refractivity contribution in [2.45, 2.75) is 24.0 Å². The number of rotatable bonds is 2. The van der Waals surface area contributed by atoms with E-state index in [9.17, 15) is 0 Å². The van der Waals surface area contributed by atoms with E-state index in [1.165, 1.54) is 18.1 Å². The van der Waals surface area contributed by atoms with Crippen LogP contribution in [0.25, 0.3) is 0 Å². The summed E-state index contributed by atoms with van der Waals surface area (Å²) in [4.78, 5) is 16.7. The lowest BCUT2D eigenvalue weighted by atomic mass is 10.4. The summed E-state index contributed by atoms with van der Waals surface area (Å²) in [7, 11) is 0. The highest BCUT2D eigenvalue weighted by Gasteiger charge is 2.10. The quantitative estimate of drug-likeness (QED) is 0.677. The summed E-state index contributed by atoms with van der Waals surface area (Å²) < 4.78 is 0.674. The molecule has 0 bridgehead atoms. The van der Waals surface area contributed by atoms with Crippen LogP contribution in [0.1, 0.15) is 11.4 Å². The van der Waals surface area contributed by atoms with E-state index in [0.717, 1.165) is 11.4 Å². The molecule has 2 aromatic rings. The molecule has 0 amide bonds. The zero-order valence-corrected chi connectivity index (χ0v) is 11.7. The number of nitrogens with two attached hydrogens (primary N) is 1. The molecule has 0 aliphatic carbocycles. The molecular weight excluding hydrogens is 302 g/mol. The molecule has 2 heterocycles. The van der Waals surface area contributed by atoms with Crippen LogP contribution in [0.2, 0.25) is 0 Å². The molecular formula is C10H10BrN5S. The van der Waals surface area contributed by atoms with Gasteiger partial charge in [0.1, 0.15) is 17.2 Å². The molecule has 2 N–H and O–H groups in total. The molecule has 2 rings (SSSR count). The topological polar surface area (TPSA) is 77.6 Å². The number of hydrogen-bond acceptors (Lipinski definition) is 6. The summed E-state index contributed by atoms with van der Waals surface area (Å²) >= 11 is 4.70. The minimum atomic E-state index is 0.409. The monoisotopic (exact) mass is 311 g/mol. The molecule has 0 aromatic carbocycles. The molecule has 17 heavy (non-hydrogen) atoms. The van der Waals surface area contributed by atoms with Crippen LogP contribution in [0.3, 0.4) is 0 Å². The van der Waals surface area contributed by atoms with E-state index in [4.69, 9.17) is 5.73 Å². The smallest absolute Gasteiger partial charge is 0.194 e. The van der Waals surface area contributed by atoms with Gasteiger partial charge in [0.15, 0.2) is 5.16 Å². The predicted molar refractivity (Wildman–Crippen MR) is 69.8 cm³/mol. The maximum Gasteiger partial charge on any atom is 0.194 e. The first-order valence-electron chi connectivity index (χ1n) is 4.82. The van der Waals surface area contributed by atoms with Crippen molar-refractivity contribution in [3.8, 4) is 0 Å². The molecule has 0 atom stereocenters. The Kier molecular flexibility index (Phi) is 3.58. The van der Waals surface area contributed by atoms with Gasteiger partial charge < -0.3 is 5.73 Å². The van der Waals surface area contributed by atoms with Gasteiger partial charge in [0.2, 0.25) is 0 Å². The average molecular weight is 312 g/mol. The standard InChI is InChI=1S/C10H10BrN5S/c1-5-3-6(2)16-10(15-5)17-9-7(11)8(12)13-4-14-9/h3-4H,1-2H3,(H2,12,13,14). The van der Waals surface area contributed by atoms with Gasteiger partial charge in [-0.25, -0.2) is 19.9 Å². The van der Waals surface area contributed by atoms with E-state index in [1.54, 1.807) is 0 Å². The van der Waals surface area contributed by atoms with Crippen LogP contribution in [0.15, 0.2) is 27.0 Å². The SMILES string of the molecule is Cc1cc(C)nc(Sc2ncnc(N)c2Br)n1. The second-order valence-corrected chi connectivity index (χ2v) is 5.16. The Morgan fingerprint density at radius 1 is 1.18 bits per heavy atom. The summed E-state index contributed by atoms with van der Waals surface area (Å²) in [5.41, 5.74) is 7.54. The van der Waals surface area contributed by atoms with Crippen LogP contribution in [0.5, 0.6) is 0 Å². The Bertz CT molecular complexity index is 540. The van der Waals surface area contributed by atoms with Crippen molar-refractivity contribution in [3.63, 3.8) is 0 Å². The van der Waals surface area contributed by atoms with Crippen molar-refractivity contribution in [2.75, 3.05) is 5.73 Å². The van der Waals surface area contributed by atoms with Gasteiger partial charge in [-0.05, 0) is 47.6 Å². The Morgan fingerprint density at radius 2 is 1.82 bits per heavy atom. The summed E-state index contributed by atoms with van der Waals surface area (Å²) in [5, 5.41) is 1.36. The van der Waals surface area contributed by atoms with Gasteiger partial charge in [-0.15, -0.1) is 0 Å². The Balaban J connectivity index is 2.34. The first-order valence-corrected chi connectivity index (χ1v) is 6.43. The van der Waals surface area contributed by atoms with Gasteiger partial charge in [0.25, 0.3) is 0 Å². The lowest BCUT2D eigenvalue weighted by Gasteiger charge is -2.04. The van der Waals surface area contributed by atoms with E-state index < -0.39 is 0 Å². The van der Waals surface area contributed by atoms with Crippen molar-refractivity contribution in [1.29, 1.82) is 0 Å². The van der Waals surface area contributed by atoms with Gasteiger partial charge in [-0.1, -0.05) is 0 Å². The van der Waals surface area contributed by atoms with Crippen LogP contribution >= 0.6 is 27.7 Å². The van der Waals surface area contributed by atoms with Gasteiger partial charge in [-0.3, -0.25) is 0 Å². The van der Waals surface area contributed by atoms with E-state index >= 15 is 0 Å². The molecule has 2 aromatic heterocycles. The van der Waals surface area contributed by atoms with Crippen molar-refractivity contribution >= 4 is 33.5 Å². The molecule has 0 saturated carbocycles. The highest BCUT2D eigenvalue weighted by atomic mass is 79.9. The lowest BCUT2D eigenvalue weighted by molar-refractivity contribution is 0.896. The largest absolute Gasteiger partial charge is 0.383 e. The number of halogens is 1. The Morgan fingerprint density at radius 3 is 2.47 bits per heavy atom. The number of anilines is 1. The number of aryl methyl sites for hydroxylation is 2. The van der Waals surface area contributed by atoms with Crippen LogP contribution < -0.4 is 5.73 Å². The normalized spacial score (nSPS) is 10.5. The third-order valence-corrected chi connectivity index (χ3v) is 3.85. The van der Waals surface area contributed by atoms with E-state index in [2.05, 4.69) is 35.9 Å². The fourth-order valence-corrected chi connectivity index (χ4v) is 2.56. The lowest BCUT2D eigenvalue weighted by Crippen LogP contribution is -1.97. The molecule has 88 valence electrons. The second-order valence-electron chi connectivity index (χ2n) is 3.41. The fraction of sp³-hybridized carbons (Fsp3) is 0.200. The first-order chi connectivity index (χ1) is 8.06. The molecule has 0 fully saturated rings. The van der Waals surface area contributed by atoms with Gasteiger partial charge >= 0.3 is 0 Å². The van der Waals surface area contributed by atoms with Crippen molar-refractivity contribution in [2.24, 2.45) is 0 Å². The Labute approximate surface area is 111 Å². The van der Waals surface area contributed by atoms with Crippen molar-refractivity contribution in [1.82, 2.24) is 19.9 Å². The summed E-state index contributed by atoms with van der Waals surface area (Å²) in [6, 6.07) is 1.92. The third-order valence-electron chi connectivity index (χ3n) is 1.93. The molecule has 0 aliphatic rings. The van der Waals surface area contributed by atoms with E-state index in [1.807, 2.05) is 19.9 Å². The van der Waals surface area contributed by atoms with E-state index in [0.29, 0.717) is 20.5 Å². The number of nitrogens with zero attached hydrogens (tertiary/aromatic N) is 4. The molecule has 0 spiro atoms. The van der Waals surface area contributed by atoms with Crippen molar-refractivity contribution in [3.05, 3.63) is 28.3 Å². The molecule has 0 radical (unpaired) electrons. The highest BCUT2D eigenvalue weighted by molar-refractivity contribution is 9.10. The number of nitrogen functional groups attached to an aromatic ring is 1. The summed E-state index contributed by atoms with van der Waals surface area (Å²) in [5.74, 6) is 0.409. The van der Waals surface area contributed by atoms with Crippen LogP contribution in [0.4, 0.5) is 5.82 Å². The Hall–Kier alpha value is -1.21. The molecule has 0 unspecified atom stereocenters. The second kappa shape index (κ2) is 4.97. The zero-order chi connectivity index (χ0) is 12.4.